The molecule has 9 heteroatoms. The van der Waals surface area contributed by atoms with Crippen LogP contribution in [0.2, 0.25) is 0 Å². The second kappa shape index (κ2) is 6.86. The number of carbonyl (C=O) groups is 3. The summed E-state index contributed by atoms with van der Waals surface area (Å²) in [5, 5.41) is 13.4. The number of nitrogens with zero attached hydrogens (tertiary/aromatic N) is 2. The third-order valence-electron chi connectivity index (χ3n) is 3.30. The molecule has 3 amide bonds. The smallest absolute Gasteiger partial charge is 0.324 e. The molecule has 0 spiro atoms. The van der Waals surface area contributed by atoms with Gasteiger partial charge >= 0.3 is 12.0 Å². The van der Waals surface area contributed by atoms with E-state index in [0.717, 1.165) is 4.90 Å². The molecule has 1 unspecified atom stereocenters. The second-order valence-electron chi connectivity index (χ2n) is 4.92. The number of hydrogen-bond acceptors (Lipinski definition) is 6. The van der Waals surface area contributed by atoms with E-state index < -0.39 is 28.9 Å². The number of urea groups is 1. The van der Waals surface area contributed by atoms with Crippen molar-refractivity contribution in [3.8, 4) is 0 Å². The number of imide groups is 1. The topological polar surface area (TPSA) is 119 Å². The molecule has 1 aromatic carbocycles. The van der Waals surface area contributed by atoms with Gasteiger partial charge in [-0.15, -0.1) is 0 Å². The molecule has 1 N–H and O–H groups in total. The molecule has 1 aliphatic rings. The van der Waals surface area contributed by atoms with Gasteiger partial charge in [0.2, 0.25) is 0 Å². The lowest BCUT2D eigenvalue weighted by molar-refractivity contribution is -0.385. The van der Waals surface area contributed by atoms with E-state index in [2.05, 4.69) is 5.32 Å². The molecule has 122 valence electrons. The zero-order valence-corrected chi connectivity index (χ0v) is 12.4. The zero-order valence-electron chi connectivity index (χ0n) is 12.4. The Balaban J connectivity index is 1.98. The van der Waals surface area contributed by atoms with E-state index in [1.54, 1.807) is 6.07 Å². The Morgan fingerprint density at radius 2 is 2.13 bits per heavy atom. The van der Waals surface area contributed by atoms with Crippen molar-refractivity contribution in [1.82, 2.24) is 10.2 Å². The minimum atomic E-state index is -1.14. The predicted molar refractivity (Wildman–Crippen MR) is 77.5 cm³/mol. The first-order valence-corrected chi connectivity index (χ1v) is 6.91. The van der Waals surface area contributed by atoms with Crippen molar-refractivity contribution in [2.75, 3.05) is 13.1 Å². The number of esters is 1. The number of nitro benzene ring substituents is 1. The summed E-state index contributed by atoms with van der Waals surface area (Å²) in [4.78, 5) is 46.5. The van der Waals surface area contributed by atoms with Crippen molar-refractivity contribution < 1.29 is 24.0 Å². The van der Waals surface area contributed by atoms with Crippen molar-refractivity contribution >= 4 is 23.6 Å². The minimum Gasteiger partial charge on any atom is -0.452 e. The van der Waals surface area contributed by atoms with Crippen LogP contribution in [0.15, 0.2) is 24.3 Å². The van der Waals surface area contributed by atoms with Crippen LogP contribution in [0.25, 0.3) is 0 Å². The number of ether oxygens (including phenoxy) is 1. The van der Waals surface area contributed by atoms with E-state index in [1.807, 2.05) is 0 Å². The van der Waals surface area contributed by atoms with Crippen LogP contribution >= 0.6 is 0 Å². The van der Waals surface area contributed by atoms with Crippen LogP contribution in [0, 0.1) is 10.1 Å². The number of rotatable bonds is 5. The molecule has 0 aromatic heterocycles. The molecule has 1 fully saturated rings. The van der Waals surface area contributed by atoms with E-state index in [4.69, 9.17) is 4.74 Å². The number of nitrogens with one attached hydrogen (secondary N) is 1. The van der Waals surface area contributed by atoms with E-state index in [0.29, 0.717) is 6.54 Å². The first-order chi connectivity index (χ1) is 10.9. The van der Waals surface area contributed by atoms with Crippen LogP contribution in [0.4, 0.5) is 10.5 Å². The maximum atomic E-state index is 12.0. The first kappa shape index (κ1) is 16.4. The summed E-state index contributed by atoms with van der Waals surface area (Å²) in [7, 11) is 0. The summed E-state index contributed by atoms with van der Waals surface area (Å²) in [6.07, 6.45) is -1.48. The number of benzene rings is 1. The highest BCUT2D eigenvalue weighted by Crippen LogP contribution is 2.18. The Morgan fingerprint density at radius 1 is 1.43 bits per heavy atom. The third kappa shape index (κ3) is 3.82. The highest BCUT2D eigenvalue weighted by molar-refractivity contribution is 5.98. The molecule has 23 heavy (non-hydrogen) atoms. The lowest BCUT2D eigenvalue weighted by atomic mass is 10.1. The van der Waals surface area contributed by atoms with Crippen molar-refractivity contribution in [3.63, 3.8) is 0 Å². The normalized spacial score (nSPS) is 15.0. The van der Waals surface area contributed by atoms with Crippen molar-refractivity contribution in [3.05, 3.63) is 39.9 Å². The molecule has 1 aliphatic heterocycles. The second-order valence-corrected chi connectivity index (χ2v) is 4.92. The molecule has 0 bridgehead atoms. The third-order valence-corrected chi connectivity index (χ3v) is 3.30. The quantitative estimate of drug-likeness (QED) is 0.482. The van der Waals surface area contributed by atoms with Crippen LogP contribution in [-0.2, 0) is 20.7 Å². The number of carbonyl (C=O) groups excluding carboxylic acids is 3. The highest BCUT2D eigenvalue weighted by atomic mass is 16.6. The molecule has 1 atom stereocenters. The minimum absolute atomic E-state index is 0.192. The maximum absolute atomic E-state index is 12.0. The Hall–Kier alpha value is -2.97. The van der Waals surface area contributed by atoms with Crippen molar-refractivity contribution in [2.45, 2.75) is 19.4 Å². The summed E-state index contributed by atoms with van der Waals surface area (Å²) >= 11 is 0. The van der Waals surface area contributed by atoms with Gasteiger partial charge in [0.25, 0.3) is 11.6 Å². The molecule has 1 saturated heterocycles. The van der Waals surface area contributed by atoms with Gasteiger partial charge in [-0.1, -0.05) is 18.2 Å². The molecule has 0 radical (unpaired) electrons. The largest absolute Gasteiger partial charge is 0.452 e. The highest BCUT2D eigenvalue weighted by Gasteiger charge is 2.31. The lowest BCUT2D eigenvalue weighted by Gasteiger charge is -2.18. The Bertz CT molecular complexity index is 660. The number of nitro groups is 1. The number of hydrogen-bond donors (Lipinski definition) is 1. The Labute approximate surface area is 131 Å². The molecular formula is C14H15N3O6. The molecule has 9 nitrogen and oxygen atoms in total. The van der Waals surface area contributed by atoms with Crippen LogP contribution < -0.4 is 5.32 Å². The van der Waals surface area contributed by atoms with Gasteiger partial charge in [-0.3, -0.25) is 24.6 Å². The molecular weight excluding hydrogens is 306 g/mol. The SMILES string of the molecule is CC(OC(=O)Cc1ccccc1[N+](=O)[O-])C(=O)N1CCNC1=O. The fourth-order valence-corrected chi connectivity index (χ4v) is 2.18. The zero-order chi connectivity index (χ0) is 17.0. The average molecular weight is 321 g/mol. The van der Waals surface area contributed by atoms with Crippen LogP contribution in [0.5, 0.6) is 0 Å². The fraction of sp³-hybridized carbons (Fsp3) is 0.357. The molecule has 1 aromatic rings. The van der Waals surface area contributed by atoms with Gasteiger partial charge in [0, 0.05) is 24.7 Å². The van der Waals surface area contributed by atoms with Gasteiger partial charge in [-0.25, -0.2) is 4.79 Å². The summed E-state index contributed by atoms with van der Waals surface area (Å²) in [6, 6.07) is 5.26. The Kier molecular flexibility index (Phi) is 4.89. The summed E-state index contributed by atoms with van der Waals surface area (Å²) in [6.45, 7) is 1.91. The van der Waals surface area contributed by atoms with Gasteiger partial charge in [0.1, 0.15) is 0 Å². The van der Waals surface area contributed by atoms with Crippen molar-refractivity contribution in [1.29, 1.82) is 0 Å². The Morgan fingerprint density at radius 3 is 2.74 bits per heavy atom. The van der Waals surface area contributed by atoms with Crippen LogP contribution in [0.1, 0.15) is 12.5 Å². The van der Waals surface area contributed by atoms with Crippen LogP contribution in [-0.4, -0.2) is 46.9 Å². The van der Waals surface area contributed by atoms with E-state index in [9.17, 15) is 24.5 Å². The van der Waals surface area contributed by atoms with Gasteiger partial charge in [0.15, 0.2) is 6.10 Å². The first-order valence-electron chi connectivity index (χ1n) is 6.91. The monoisotopic (exact) mass is 321 g/mol. The van der Waals surface area contributed by atoms with E-state index >= 15 is 0 Å². The number of para-hydroxylation sites is 1. The molecule has 1 heterocycles. The van der Waals surface area contributed by atoms with Gasteiger partial charge < -0.3 is 10.1 Å². The summed E-state index contributed by atoms with van der Waals surface area (Å²) < 4.78 is 4.98. The summed E-state index contributed by atoms with van der Waals surface area (Å²) in [5.74, 6) is -1.41. The molecule has 0 aliphatic carbocycles. The predicted octanol–water partition coefficient (Wildman–Crippen LogP) is 0.621. The van der Waals surface area contributed by atoms with Crippen LogP contribution in [0.3, 0.4) is 0 Å². The van der Waals surface area contributed by atoms with E-state index in [1.165, 1.54) is 25.1 Å². The van der Waals surface area contributed by atoms with Crippen molar-refractivity contribution in [2.24, 2.45) is 0 Å². The van der Waals surface area contributed by atoms with Gasteiger partial charge in [-0.2, -0.15) is 0 Å². The molecule has 2 rings (SSSR count). The average Bonchev–Trinajstić information content (AvgIpc) is 2.92. The van der Waals surface area contributed by atoms with E-state index in [-0.39, 0.29) is 24.2 Å². The van der Waals surface area contributed by atoms with Gasteiger partial charge in [0.05, 0.1) is 11.3 Å². The lowest BCUT2D eigenvalue weighted by Crippen LogP contribution is -2.42. The number of amides is 3. The van der Waals surface area contributed by atoms with Gasteiger partial charge in [-0.05, 0) is 6.92 Å². The standard InChI is InChI=1S/C14H15N3O6/c1-9(13(19)16-7-6-15-14(16)20)23-12(18)8-10-4-2-3-5-11(10)17(21)22/h2-5,9H,6-8H2,1H3,(H,15,20). The maximum Gasteiger partial charge on any atom is 0.324 e. The fourth-order valence-electron chi connectivity index (χ4n) is 2.18. The molecule has 0 saturated carbocycles. The summed E-state index contributed by atoms with van der Waals surface area (Å²) in [5.41, 5.74) is 0.00316.